The molecular formula is C12H19N3O. The number of hydrogen-bond acceptors (Lipinski definition) is 4. The third-order valence-electron chi connectivity index (χ3n) is 3.17. The third-order valence-corrected chi connectivity index (χ3v) is 3.17. The van der Waals surface area contributed by atoms with Gasteiger partial charge in [0.25, 0.3) is 0 Å². The second kappa shape index (κ2) is 5.16. The molecule has 1 aliphatic rings. The molecule has 2 heterocycles. The number of hydrogen-bond donors (Lipinski definition) is 1. The number of pyridine rings is 1. The van der Waals surface area contributed by atoms with Crippen molar-refractivity contribution in [3.63, 3.8) is 0 Å². The average molecular weight is 221 g/mol. The zero-order chi connectivity index (χ0) is 11.4. The predicted molar refractivity (Wildman–Crippen MR) is 65.5 cm³/mol. The van der Waals surface area contributed by atoms with Crippen molar-refractivity contribution in [1.82, 2.24) is 4.98 Å². The summed E-state index contributed by atoms with van der Waals surface area (Å²) >= 11 is 0. The lowest BCUT2D eigenvalue weighted by Crippen LogP contribution is -2.35. The maximum absolute atomic E-state index is 5.87. The van der Waals surface area contributed by atoms with E-state index in [1.54, 1.807) is 13.3 Å². The van der Waals surface area contributed by atoms with Crippen LogP contribution in [0.4, 0.5) is 11.5 Å². The van der Waals surface area contributed by atoms with Gasteiger partial charge in [-0.2, -0.15) is 0 Å². The van der Waals surface area contributed by atoms with Gasteiger partial charge in [0.05, 0.1) is 5.69 Å². The van der Waals surface area contributed by atoms with Crippen molar-refractivity contribution in [2.45, 2.75) is 12.8 Å². The summed E-state index contributed by atoms with van der Waals surface area (Å²) in [5.74, 6) is 1.33. The maximum Gasteiger partial charge on any atom is 0.146 e. The molecule has 0 bridgehead atoms. The van der Waals surface area contributed by atoms with Gasteiger partial charge in [-0.3, -0.25) is 0 Å². The topological polar surface area (TPSA) is 51.4 Å². The Kier molecular flexibility index (Phi) is 3.62. The fraction of sp³-hybridized carbons (Fsp3) is 0.583. The minimum atomic E-state index is 0.632. The first-order valence-corrected chi connectivity index (χ1v) is 5.75. The van der Waals surface area contributed by atoms with E-state index in [-0.39, 0.29) is 0 Å². The van der Waals surface area contributed by atoms with Crippen LogP contribution < -0.4 is 10.6 Å². The van der Waals surface area contributed by atoms with Crippen LogP contribution in [0, 0.1) is 5.92 Å². The molecule has 4 heteroatoms. The number of nitrogen functional groups attached to an aromatic ring is 1. The molecule has 0 atom stereocenters. The number of piperidine rings is 1. The summed E-state index contributed by atoms with van der Waals surface area (Å²) in [6.07, 6.45) is 4.07. The Morgan fingerprint density at radius 3 is 2.88 bits per heavy atom. The van der Waals surface area contributed by atoms with E-state index in [9.17, 15) is 0 Å². The Bertz CT molecular complexity index is 335. The Labute approximate surface area is 96.4 Å². The molecule has 0 aromatic carbocycles. The summed E-state index contributed by atoms with van der Waals surface area (Å²) in [5.41, 5.74) is 6.94. The zero-order valence-corrected chi connectivity index (χ0v) is 9.72. The minimum Gasteiger partial charge on any atom is -0.384 e. The lowest BCUT2D eigenvalue weighted by molar-refractivity contribution is 0.139. The van der Waals surface area contributed by atoms with Gasteiger partial charge in [-0.05, 0) is 30.9 Å². The summed E-state index contributed by atoms with van der Waals surface area (Å²) in [4.78, 5) is 6.44. The zero-order valence-electron chi connectivity index (χ0n) is 9.72. The van der Waals surface area contributed by atoms with Crippen molar-refractivity contribution in [2.75, 3.05) is 37.4 Å². The van der Waals surface area contributed by atoms with Gasteiger partial charge in [0.1, 0.15) is 5.82 Å². The van der Waals surface area contributed by atoms with Crippen LogP contribution in [-0.2, 0) is 4.74 Å². The molecule has 2 N–H and O–H groups in total. The van der Waals surface area contributed by atoms with E-state index in [1.807, 2.05) is 12.1 Å². The fourth-order valence-electron chi connectivity index (χ4n) is 2.25. The van der Waals surface area contributed by atoms with Crippen molar-refractivity contribution < 1.29 is 4.74 Å². The van der Waals surface area contributed by atoms with Crippen molar-refractivity contribution in [3.8, 4) is 0 Å². The number of nitrogens with zero attached hydrogens (tertiary/aromatic N) is 2. The van der Waals surface area contributed by atoms with Crippen LogP contribution >= 0.6 is 0 Å². The van der Waals surface area contributed by atoms with E-state index >= 15 is 0 Å². The SMILES string of the molecule is COCC1CCN(c2cccnc2N)CC1. The van der Waals surface area contributed by atoms with Crippen LogP contribution in [0.25, 0.3) is 0 Å². The van der Waals surface area contributed by atoms with E-state index in [2.05, 4.69) is 9.88 Å². The molecular weight excluding hydrogens is 202 g/mol. The molecule has 1 aromatic heterocycles. The fourth-order valence-corrected chi connectivity index (χ4v) is 2.25. The number of anilines is 2. The molecule has 1 aliphatic heterocycles. The molecule has 0 radical (unpaired) electrons. The highest BCUT2D eigenvalue weighted by Crippen LogP contribution is 2.26. The summed E-state index contributed by atoms with van der Waals surface area (Å²) in [6.45, 7) is 2.96. The molecule has 0 saturated carbocycles. The molecule has 88 valence electrons. The first kappa shape index (κ1) is 11.2. The summed E-state index contributed by atoms with van der Waals surface area (Å²) < 4.78 is 5.19. The van der Waals surface area contributed by atoms with Gasteiger partial charge in [-0.15, -0.1) is 0 Å². The van der Waals surface area contributed by atoms with Crippen LogP contribution in [0.2, 0.25) is 0 Å². The van der Waals surface area contributed by atoms with Crippen molar-refractivity contribution in [3.05, 3.63) is 18.3 Å². The van der Waals surface area contributed by atoms with E-state index in [1.165, 1.54) is 12.8 Å². The van der Waals surface area contributed by atoms with Crippen LogP contribution in [0.3, 0.4) is 0 Å². The highest BCUT2D eigenvalue weighted by molar-refractivity contribution is 5.63. The van der Waals surface area contributed by atoms with E-state index in [0.717, 1.165) is 25.4 Å². The summed E-state index contributed by atoms with van der Waals surface area (Å²) in [7, 11) is 1.77. The third kappa shape index (κ3) is 2.44. The van der Waals surface area contributed by atoms with Gasteiger partial charge in [-0.25, -0.2) is 4.98 Å². The van der Waals surface area contributed by atoms with Gasteiger partial charge >= 0.3 is 0 Å². The summed E-state index contributed by atoms with van der Waals surface area (Å²) in [6, 6.07) is 3.98. The Morgan fingerprint density at radius 1 is 1.50 bits per heavy atom. The highest BCUT2D eigenvalue weighted by Gasteiger charge is 2.20. The van der Waals surface area contributed by atoms with Gasteiger partial charge < -0.3 is 15.4 Å². The molecule has 0 amide bonds. The second-order valence-electron chi connectivity index (χ2n) is 4.29. The molecule has 2 rings (SSSR count). The lowest BCUT2D eigenvalue weighted by Gasteiger charge is -2.33. The van der Waals surface area contributed by atoms with Gasteiger partial charge in [0.2, 0.25) is 0 Å². The smallest absolute Gasteiger partial charge is 0.146 e. The second-order valence-corrected chi connectivity index (χ2v) is 4.29. The minimum absolute atomic E-state index is 0.632. The molecule has 1 fully saturated rings. The van der Waals surface area contributed by atoms with Crippen molar-refractivity contribution in [1.29, 1.82) is 0 Å². The van der Waals surface area contributed by atoms with E-state index in [0.29, 0.717) is 11.7 Å². The largest absolute Gasteiger partial charge is 0.384 e. The molecule has 1 aromatic rings. The Hall–Kier alpha value is -1.29. The first-order valence-electron chi connectivity index (χ1n) is 5.75. The average Bonchev–Trinajstić information content (AvgIpc) is 2.31. The van der Waals surface area contributed by atoms with E-state index < -0.39 is 0 Å². The predicted octanol–water partition coefficient (Wildman–Crippen LogP) is 1.53. The molecule has 1 saturated heterocycles. The normalized spacial score (nSPS) is 17.7. The Morgan fingerprint density at radius 2 is 2.25 bits per heavy atom. The molecule has 0 unspecified atom stereocenters. The van der Waals surface area contributed by atoms with Crippen LogP contribution in [0.15, 0.2) is 18.3 Å². The Balaban J connectivity index is 1.96. The monoisotopic (exact) mass is 221 g/mol. The quantitative estimate of drug-likeness (QED) is 0.841. The highest BCUT2D eigenvalue weighted by atomic mass is 16.5. The van der Waals surface area contributed by atoms with Gasteiger partial charge in [-0.1, -0.05) is 0 Å². The number of nitrogens with two attached hydrogens (primary N) is 1. The molecule has 0 aliphatic carbocycles. The molecule has 16 heavy (non-hydrogen) atoms. The first-order chi connectivity index (χ1) is 7.81. The standard InChI is InChI=1S/C12H19N3O/c1-16-9-10-4-7-15(8-5-10)11-3-2-6-14-12(11)13/h2-3,6,10H,4-5,7-9H2,1H3,(H2,13,14). The van der Waals surface area contributed by atoms with Crippen molar-refractivity contribution in [2.24, 2.45) is 5.92 Å². The maximum atomic E-state index is 5.87. The van der Waals surface area contributed by atoms with Crippen molar-refractivity contribution >= 4 is 11.5 Å². The van der Waals surface area contributed by atoms with E-state index in [4.69, 9.17) is 10.5 Å². The lowest BCUT2D eigenvalue weighted by atomic mass is 9.97. The van der Waals surface area contributed by atoms with Crippen LogP contribution in [0.5, 0.6) is 0 Å². The van der Waals surface area contributed by atoms with Gasteiger partial charge in [0, 0.05) is 33.0 Å². The summed E-state index contributed by atoms with van der Waals surface area (Å²) in [5, 5.41) is 0. The molecule has 4 nitrogen and oxygen atoms in total. The number of ether oxygens (including phenoxy) is 1. The number of methoxy groups -OCH3 is 1. The number of aromatic nitrogens is 1. The van der Waals surface area contributed by atoms with Crippen LogP contribution in [0.1, 0.15) is 12.8 Å². The molecule has 0 spiro atoms. The number of rotatable bonds is 3. The van der Waals surface area contributed by atoms with Crippen LogP contribution in [-0.4, -0.2) is 31.8 Å². The van der Waals surface area contributed by atoms with Gasteiger partial charge in [0.15, 0.2) is 0 Å².